The summed E-state index contributed by atoms with van der Waals surface area (Å²) >= 11 is 0. The number of hydrogen-bond donors (Lipinski definition) is 3. The van der Waals surface area contributed by atoms with Crippen LogP contribution in [0, 0.1) is 0 Å². The number of H-pyrrole nitrogens is 1. The van der Waals surface area contributed by atoms with Gasteiger partial charge in [0.05, 0.1) is 27.4 Å². The fourth-order valence-corrected chi connectivity index (χ4v) is 4.75. The van der Waals surface area contributed by atoms with Crippen LogP contribution >= 0.6 is 15.6 Å². The Hall–Kier alpha value is -1.71. The highest BCUT2D eigenvalue weighted by Crippen LogP contribution is 2.53. The molecule has 29 heavy (non-hydrogen) atoms. The van der Waals surface area contributed by atoms with Crippen LogP contribution in [-0.4, -0.2) is 55.6 Å². The van der Waals surface area contributed by atoms with Gasteiger partial charge in [0, 0.05) is 0 Å². The monoisotopic (exact) mass is 452 g/mol. The zero-order valence-corrected chi connectivity index (χ0v) is 15.9. The Morgan fingerprint density at radius 3 is 2.86 bits per heavy atom. The van der Waals surface area contributed by atoms with Crippen LogP contribution in [0.1, 0.15) is 6.23 Å². The van der Waals surface area contributed by atoms with Gasteiger partial charge >= 0.3 is 0 Å². The molecule has 2 bridgehead atoms. The summed E-state index contributed by atoms with van der Waals surface area (Å²) in [5, 5.41) is 10.5. The lowest BCUT2D eigenvalue weighted by Crippen LogP contribution is -2.45. The van der Waals surface area contributed by atoms with Gasteiger partial charge in [0.1, 0.15) is 17.8 Å². The lowest BCUT2D eigenvalue weighted by molar-refractivity contribution is -0.340. The fraction of sp³-hybridized carbons (Fsp3) is 0.545. The molecule has 4 N–H and O–H groups in total. The summed E-state index contributed by atoms with van der Waals surface area (Å²) in [5.74, 6) is -0.198. The Balaban J connectivity index is 1.60. The number of aromatic amines is 1. The van der Waals surface area contributed by atoms with E-state index in [1.807, 2.05) is 0 Å². The second-order valence-electron chi connectivity index (χ2n) is 6.32. The minimum atomic E-state index is -5.87. The van der Waals surface area contributed by atoms with Crippen LogP contribution in [-0.2, 0) is 27.4 Å². The first kappa shape index (κ1) is 20.6. The number of aliphatic hydroxyl groups is 1. The molecule has 2 saturated heterocycles. The highest BCUT2D eigenvalue weighted by atomic mass is 31.3. The van der Waals surface area contributed by atoms with E-state index in [0.717, 1.165) is 0 Å². The molecule has 2 unspecified atom stereocenters. The van der Waals surface area contributed by atoms with E-state index >= 15 is 0 Å². The van der Waals surface area contributed by atoms with Gasteiger partial charge in [0.2, 0.25) is 5.95 Å². The first-order chi connectivity index (χ1) is 13.4. The number of nitrogens with two attached hydrogens (primary N) is 1. The van der Waals surface area contributed by atoms with Crippen molar-refractivity contribution in [1.29, 1.82) is 0 Å². The van der Waals surface area contributed by atoms with Crippen molar-refractivity contribution in [3.8, 4) is 0 Å². The number of fused-ring (bicyclic) bond motifs is 3. The molecule has 0 radical (unpaired) electrons. The molecule has 2 aromatic heterocycles. The Labute approximate surface area is 160 Å². The largest absolute Gasteiger partial charge is 0.790 e. The van der Waals surface area contributed by atoms with Gasteiger partial charge in [-0.2, -0.15) is 4.98 Å². The molecule has 4 heterocycles. The maximum atomic E-state index is 11.9. The van der Waals surface area contributed by atoms with Gasteiger partial charge in [0.25, 0.3) is 13.4 Å². The molecule has 4 rings (SSSR count). The van der Waals surface area contributed by atoms with E-state index in [9.17, 15) is 33.7 Å². The van der Waals surface area contributed by atoms with Gasteiger partial charge in [-0.15, -0.1) is 0 Å². The molecule has 160 valence electrons. The molecule has 2 aliphatic heterocycles. The Kier molecular flexibility index (Phi) is 4.71. The van der Waals surface area contributed by atoms with Crippen molar-refractivity contribution in [2.24, 2.45) is 0 Å². The molecule has 5 atom stereocenters. The lowest BCUT2D eigenvalue weighted by atomic mass is 10.0. The molecule has 0 aliphatic carbocycles. The highest BCUT2D eigenvalue weighted by molar-refractivity contribution is 7.58. The van der Waals surface area contributed by atoms with E-state index in [2.05, 4.69) is 23.8 Å². The number of aliphatic hydroxyl groups excluding tert-OH is 1. The third kappa shape index (κ3) is 3.64. The number of nitrogens with one attached hydrogen (secondary N) is 1. The normalized spacial score (nSPS) is 31.4. The summed E-state index contributed by atoms with van der Waals surface area (Å²) in [7, 11) is -11.4. The Morgan fingerprint density at radius 1 is 1.45 bits per heavy atom. The minimum absolute atomic E-state index is 0.0205. The van der Waals surface area contributed by atoms with Crippen molar-refractivity contribution in [3.05, 3.63) is 16.7 Å². The maximum absolute atomic E-state index is 11.9. The van der Waals surface area contributed by atoms with Crippen LogP contribution in [0.2, 0.25) is 0 Å². The topological polar surface area (TPSA) is 250 Å². The maximum Gasteiger partial charge on any atom is 0.280 e. The molecule has 0 aromatic carbocycles. The van der Waals surface area contributed by atoms with Gasteiger partial charge in [-0.25, -0.2) is 4.98 Å². The molecule has 2 aromatic rings. The number of ether oxygens (including phenoxy) is 2. The van der Waals surface area contributed by atoms with E-state index in [1.54, 1.807) is 0 Å². The quantitative estimate of drug-likeness (QED) is 0.354. The third-order valence-electron chi connectivity index (χ3n) is 4.40. The number of anilines is 1. The zero-order valence-electron chi connectivity index (χ0n) is 14.1. The summed E-state index contributed by atoms with van der Waals surface area (Å²) in [5.41, 5.74) is 3.13. The van der Waals surface area contributed by atoms with Crippen molar-refractivity contribution >= 4 is 32.8 Å². The third-order valence-corrected chi connectivity index (χ3v) is 6.44. The molecule has 16 nitrogen and oxygen atoms in total. The van der Waals surface area contributed by atoms with E-state index in [0.29, 0.717) is 0 Å². The summed E-state index contributed by atoms with van der Waals surface area (Å²) in [6, 6.07) is 0. The van der Waals surface area contributed by atoms with E-state index < -0.39 is 51.8 Å². The average Bonchev–Trinajstić information content (AvgIpc) is 3.21. The summed E-state index contributed by atoms with van der Waals surface area (Å²) in [4.78, 5) is 54.5. The molecule has 0 spiro atoms. The van der Waals surface area contributed by atoms with Crippen molar-refractivity contribution in [3.63, 3.8) is 0 Å². The number of aromatic nitrogens is 4. The molecule has 0 amide bonds. The van der Waals surface area contributed by atoms with E-state index in [1.165, 1.54) is 10.9 Å². The van der Waals surface area contributed by atoms with Crippen LogP contribution in [0.4, 0.5) is 5.95 Å². The van der Waals surface area contributed by atoms with Crippen LogP contribution in [0.5, 0.6) is 0 Å². The SMILES string of the molecule is Nc1nc2c(ncn2[C@@H]2O[C@@]3(COP(=O)([O-])OP(=O)([O-])[O-])CO[C@H]2C3O)c(=O)[nH]1. The second kappa shape index (κ2) is 6.65. The molecule has 0 saturated carbocycles. The highest BCUT2D eigenvalue weighted by Gasteiger charge is 2.62. The first-order valence-electron chi connectivity index (χ1n) is 7.80. The predicted octanol–water partition coefficient (Wildman–Crippen LogP) is -3.94. The second-order valence-corrected chi connectivity index (χ2v) is 9.02. The van der Waals surface area contributed by atoms with Gasteiger partial charge < -0.3 is 44.1 Å². The van der Waals surface area contributed by atoms with Crippen LogP contribution in [0.3, 0.4) is 0 Å². The standard InChI is InChI=1S/C11H15N5O11P2/c12-10-14-7-4(8(18)15-10)13-3-16(7)9-5-6(17)11(26-9,1-24-5)2-25-29(22,23)27-28(19,20)21/h3,5-6,9,17H,1-2H2,(H,22,23)(H2,19,20,21)(H3,12,14,15,18)/p-3/t5-,6?,9+,11+/m0/s1. The van der Waals surface area contributed by atoms with Gasteiger partial charge in [-0.05, 0) is 0 Å². The number of rotatable bonds is 6. The average molecular weight is 452 g/mol. The van der Waals surface area contributed by atoms with Crippen molar-refractivity contribution in [2.45, 2.75) is 24.0 Å². The minimum Gasteiger partial charge on any atom is -0.790 e. The van der Waals surface area contributed by atoms with Gasteiger partial charge in [-0.3, -0.25) is 23.2 Å². The molecule has 18 heteroatoms. The fourth-order valence-electron chi connectivity index (χ4n) is 3.20. The number of nitrogens with zero attached hydrogens (tertiary/aromatic N) is 3. The van der Waals surface area contributed by atoms with Crippen LogP contribution in [0.15, 0.2) is 11.1 Å². The Morgan fingerprint density at radius 2 is 2.17 bits per heavy atom. The first-order valence-corrected chi connectivity index (χ1v) is 10.7. The molecule has 2 fully saturated rings. The smallest absolute Gasteiger partial charge is 0.280 e. The van der Waals surface area contributed by atoms with E-state index in [4.69, 9.17) is 15.2 Å². The summed E-state index contributed by atoms with van der Waals surface area (Å²) in [6.45, 7) is -1.23. The molecular formula is C11H12N5O11P2-3. The summed E-state index contributed by atoms with van der Waals surface area (Å²) < 4.78 is 42.1. The number of nitrogen functional groups attached to an aromatic ring is 1. The number of phosphoric acid groups is 2. The molecular weight excluding hydrogens is 440 g/mol. The van der Waals surface area contributed by atoms with Crippen LogP contribution in [0.25, 0.3) is 11.2 Å². The number of hydrogen-bond acceptors (Lipinski definition) is 14. The van der Waals surface area contributed by atoms with Crippen molar-refractivity contribution in [1.82, 2.24) is 19.5 Å². The number of phosphoric ester groups is 1. The van der Waals surface area contributed by atoms with Crippen LogP contribution < -0.4 is 26.0 Å². The predicted molar refractivity (Wildman–Crippen MR) is 83.4 cm³/mol. The summed E-state index contributed by atoms with van der Waals surface area (Å²) in [6.07, 6.45) is -2.36. The number of imidazole rings is 1. The lowest BCUT2D eigenvalue weighted by Gasteiger charge is -2.37. The van der Waals surface area contributed by atoms with Gasteiger partial charge in [0.15, 0.2) is 17.4 Å². The zero-order chi connectivity index (χ0) is 21.2. The van der Waals surface area contributed by atoms with E-state index in [-0.39, 0.29) is 23.7 Å². The van der Waals surface area contributed by atoms with Crippen molar-refractivity contribution in [2.75, 3.05) is 18.9 Å². The Bertz CT molecular complexity index is 1110. The van der Waals surface area contributed by atoms with Crippen molar-refractivity contribution < 1.29 is 47.2 Å². The molecule has 2 aliphatic rings. The van der Waals surface area contributed by atoms with Gasteiger partial charge in [-0.1, -0.05) is 0 Å².